The van der Waals surface area contributed by atoms with Crippen LogP contribution in [0.2, 0.25) is 10.0 Å². The molecule has 1 fully saturated rings. The molecule has 0 atom stereocenters. The van der Waals surface area contributed by atoms with Crippen LogP contribution in [0.4, 0.5) is 0 Å². The normalized spacial score (nSPS) is 16.7. The molecule has 1 aliphatic carbocycles. The Kier molecular flexibility index (Phi) is 5.29. The molecule has 1 aromatic carbocycles. The fourth-order valence-corrected chi connectivity index (χ4v) is 2.47. The number of rotatable bonds is 3. The second kappa shape index (κ2) is 6.97. The lowest BCUT2D eigenvalue weighted by Gasteiger charge is -2.20. The molecule has 0 aromatic heterocycles. The van der Waals surface area contributed by atoms with Crippen LogP contribution in [0.1, 0.15) is 37.7 Å². The first kappa shape index (κ1) is 14.4. The zero-order valence-corrected chi connectivity index (χ0v) is 12.1. The molecule has 2 rings (SSSR count). The van der Waals surface area contributed by atoms with E-state index in [4.69, 9.17) is 27.9 Å². The van der Waals surface area contributed by atoms with Crippen molar-refractivity contribution in [3.63, 3.8) is 0 Å². The van der Waals surface area contributed by atoms with Gasteiger partial charge >= 0.3 is 5.97 Å². The summed E-state index contributed by atoms with van der Waals surface area (Å²) in [4.78, 5) is 11.7. The second-order valence-electron chi connectivity index (χ2n) is 4.70. The molecule has 2 nitrogen and oxygen atoms in total. The minimum absolute atomic E-state index is 0.0831. The maximum absolute atomic E-state index is 11.7. The summed E-state index contributed by atoms with van der Waals surface area (Å²) in [6, 6.07) is 5.23. The average Bonchev–Trinajstić information content (AvgIpc) is 2.41. The predicted molar refractivity (Wildman–Crippen MR) is 78.5 cm³/mol. The van der Waals surface area contributed by atoms with Crippen LogP contribution in [0.3, 0.4) is 0 Å². The standard InChI is InChI=1S/C15H16Cl2O2/c16-13-8-6-11(10-14(13)17)7-9-15(18)19-12-4-2-1-3-5-12/h6-10,12H,1-5H2/b9-7+. The third kappa shape index (κ3) is 4.55. The zero-order valence-electron chi connectivity index (χ0n) is 10.6. The molecule has 1 aliphatic rings. The van der Waals surface area contributed by atoms with Crippen LogP contribution < -0.4 is 0 Å². The van der Waals surface area contributed by atoms with Gasteiger partial charge in [-0.05, 0) is 49.5 Å². The third-order valence-electron chi connectivity index (χ3n) is 3.19. The Morgan fingerprint density at radius 1 is 1.16 bits per heavy atom. The van der Waals surface area contributed by atoms with Gasteiger partial charge in [-0.2, -0.15) is 0 Å². The highest BCUT2D eigenvalue weighted by molar-refractivity contribution is 6.42. The Hall–Kier alpha value is -0.990. The molecule has 4 heteroatoms. The minimum Gasteiger partial charge on any atom is -0.459 e. The van der Waals surface area contributed by atoms with Gasteiger partial charge in [-0.1, -0.05) is 35.7 Å². The number of carbonyl (C=O) groups excluding carboxylic acids is 1. The first-order valence-electron chi connectivity index (χ1n) is 6.49. The Bertz CT molecular complexity index is 477. The smallest absolute Gasteiger partial charge is 0.331 e. The predicted octanol–water partition coefficient (Wildman–Crippen LogP) is 4.88. The summed E-state index contributed by atoms with van der Waals surface area (Å²) in [6.45, 7) is 0. The van der Waals surface area contributed by atoms with E-state index in [1.165, 1.54) is 12.5 Å². The average molecular weight is 299 g/mol. The van der Waals surface area contributed by atoms with Crippen molar-refractivity contribution in [2.24, 2.45) is 0 Å². The molecule has 0 bridgehead atoms. The highest BCUT2D eigenvalue weighted by atomic mass is 35.5. The van der Waals surface area contributed by atoms with Crippen LogP contribution in [0.25, 0.3) is 6.08 Å². The lowest BCUT2D eigenvalue weighted by Crippen LogP contribution is -2.19. The highest BCUT2D eigenvalue weighted by Gasteiger charge is 2.16. The van der Waals surface area contributed by atoms with Gasteiger partial charge in [0.15, 0.2) is 0 Å². The van der Waals surface area contributed by atoms with Gasteiger partial charge in [0.05, 0.1) is 10.0 Å². The quantitative estimate of drug-likeness (QED) is 0.587. The number of ether oxygens (including phenoxy) is 1. The number of esters is 1. The van der Waals surface area contributed by atoms with Crippen molar-refractivity contribution in [1.29, 1.82) is 0 Å². The van der Waals surface area contributed by atoms with E-state index in [0.717, 1.165) is 31.2 Å². The lowest BCUT2D eigenvalue weighted by atomic mass is 9.98. The van der Waals surface area contributed by atoms with Crippen molar-refractivity contribution < 1.29 is 9.53 Å². The van der Waals surface area contributed by atoms with Gasteiger partial charge in [0.2, 0.25) is 0 Å². The van der Waals surface area contributed by atoms with E-state index in [-0.39, 0.29) is 12.1 Å². The molecular formula is C15H16Cl2O2. The second-order valence-corrected chi connectivity index (χ2v) is 5.52. The fraction of sp³-hybridized carbons (Fsp3) is 0.400. The summed E-state index contributed by atoms with van der Waals surface area (Å²) in [7, 11) is 0. The van der Waals surface area contributed by atoms with Gasteiger partial charge in [-0.25, -0.2) is 4.79 Å². The Balaban J connectivity index is 1.90. The van der Waals surface area contributed by atoms with Gasteiger partial charge in [0, 0.05) is 6.08 Å². The van der Waals surface area contributed by atoms with Crippen molar-refractivity contribution in [3.8, 4) is 0 Å². The van der Waals surface area contributed by atoms with E-state index in [1.54, 1.807) is 24.3 Å². The molecule has 1 aromatic rings. The summed E-state index contributed by atoms with van der Waals surface area (Å²) in [5.74, 6) is -0.294. The van der Waals surface area contributed by atoms with Gasteiger partial charge in [0.1, 0.15) is 6.10 Å². The number of benzene rings is 1. The number of hydrogen-bond acceptors (Lipinski definition) is 2. The largest absolute Gasteiger partial charge is 0.459 e. The molecule has 1 saturated carbocycles. The summed E-state index contributed by atoms with van der Waals surface area (Å²) in [5, 5.41) is 0.980. The molecular weight excluding hydrogens is 283 g/mol. The maximum Gasteiger partial charge on any atom is 0.331 e. The van der Waals surface area contributed by atoms with Crippen molar-refractivity contribution in [2.45, 2.75) is 38.2 Å². The SMILES string of the molecule is O=C(/C=C/c1ccc(Cl)c(Cl)c1)OC1CCCCC1. The highest BCUT2D eigenvalue weighted by Crippen LogP contribution is 2.23. The number of halogens is 2. The molecule has 0 spiro atoms. The van der Waals surface area contributed by atoms with Crippen molar-refractivity contribution >= 4 is 35.2 Å². The van der Waals surface area contributed by atoms with Crippen LogP contribution in [-0.2, 0) is 9.53 Å². The summed E-state index contributed by atoms with van der Waals surface area (Å²) < 4.78 is 5.38. The monoisotopic (exact) mass is 298 g/mol. The molecule has 102 valence electrons. The van der Waals surface area contributed by atoms with E-state index in [9.17, 15) is 4.79 Å². The number of hydrogen-bond donors (Lipinski definition) is 0. The van der Waals surface area contributed by atoms with Gasteiger partial charge in [-0.3, -0.25) is 0 Å². The summed E-state index contributed by atoms with van der Waals surface area (Å²) >= 11 is 11.7. The molecule has 0 heterocycles. The molecule has 19 heavy (non-hydrogen) atoms. The third-order valence-corrected chi connectivity index (χ3v) is 3.93. The fourth-order valence-electron chi connectivity index (χ4n) is 2.17. The molecule has 0 N–H and O–H groups in total. The van der Waals surface area contributed by atoms with E-state index in [1.807, 2.05) is 0 Å². The van der Waals surface area contributed by atoms with E-state index >= 15 is 0 Å². The minimum atomic E-state index is -0.294. The summed E-state index contributed by atoms with van der Waals surface area (Å²) in [6.07, 6.45) is 8.70. The van der Waals surface area contributed by atoms with Crippen molar-refractivity contribution in [2.75, 3.05) is 0 Å². The van der Waals surface area contributed by atoms with Gasteiger partial charge in [0.25, 0.3) is 0 Å². The van der Waals surface area contributed by atoms with E-state index in [2.05, 4.69) is 0 Å². The van der Waals surface area contributed by atoms with Crippen LogP contribution in [0.15, 0.2) is 24.3 Å². The van der Waals surface area contributed by atoms with Crippen molar-refractivity contribution in [1.82, 2.24) is 0 Å². The molecule has 0 radical (unpaired) electrons. The van der Waals surface area contributed by atoms with Crippen LogP contribution in [0.5, 0.6) is 0 Å². The number of carbonyl (C=O) groups is 1. The molecule has 0 amide bonds. The van der Waals surface area contributed by atoms with Crippen LogP contribution in [-0.4, -0.2) is 12.1 Å². The van der Waals surface area contributed by atoms with Gasteiger partial charge in [-0.15, -0.1) is 0 Å². The first-order valence-corrected chi connectivity index (χ1v) is 7.24. The van der Waals surface area contributed by atoms with Gasteiger partial charge < -0.3 is 4.74 Å². The first-order chi connectivity index (χ1) is 9.15. The Morgan fingerprint density at radius 2 is 1.89 bits per heavy atom. The summed E-state index contributed by atoms with van der Waals surface area (Å²) in [5.41, 5.74) is 0.829. The van der Waals surface area contributed by atoms with E-state index < -0.39 is 0 Å². The molecule has 0 saturated heterocycles. The van der Waals surface area contributed by atoms with Crippen molar-refractivity contribution in [3.05, 3.63) is 39.9 Å². The Morgan fingerprint density at radius 3 is 2.58 bits per heavy atom. The Labute approximate surface area is 123 Å². The zero-order chi connectivity index (χ0) is 13.7. The molecule has 0 unspecified atom stereocenters. The molecule has 0 aliphatic heterocycles. The topological polar surface area (TPSA) is 26.3 Å². The lowest BCUT2D eigenvalue weighted by molar-refractivity contribution is -0.144. The van der Waals surface area contributed by atoms with E-state index in [0.29, 0.717) is 10.0 Å². The maximum atomic E-state index is 11.7. The van der Waals surface area contributed by atoms with Crippen LogP contribution >= 0.6 is 23.2 Å². The van der Waals surface area contributed by atoms with Crippen LogP contribution in [0, 0.1) is 0 Å².